The first kappa shape index (κ1) is 15.6. The predicted octanol–water partition coefficient (Wildman–Crippen LogP) is 3.97. The first-order valence-corrected chi connectivity index (χ1v) is 7.86. The van der Waals surface area contributed by atoms with Crippen LogP contribution >= 0.6 is 11.3 Å². The van der Waals surface area contributed by atoms with Crippen LogP contribution in [0.15, 0.2) is 30.3 Å². The van der Waals surface area contributed by atoms with E-state index in [0.717, 1.165) is 5.01 Å². The van der Waals surface area contributed by atoms with E-state index >= 15 is 0 Å². The van der Waals surface area contributed by atoms with Crippen LogP contribution in [0.5, 0.6) is 0 Å². The highest BCUT2D eigenvalue weighted by atomic mass is 32.1. The van der Waals surface area contributed by atoms with E-state index in [1.807, 2.05) is 30.3 Å². The molecule has 5 heteroatoms. The maximum Gasteiger partial charge on any atom is 0.226 e. The second-order valence-electron chi connectivity index (χ2n) is 6.23. The Balaban J connectivity index is 1.94. The molecular weight excluding hydrogens is 282 g/mol. The SMILES string of the molecule is C[C@H](CC(=O)Nc1nnc(C(C)(C)C)s1)c1ccccc1. The van der Waals surface area contributed by atoms with Gasteiger partial charge in [0.1, 0.15) is 5.01 Å². The Kier molecular flexibility index (Phi) is 4.73. The van der Waals surface area contributed by atoms with Crippen molar-refractivity contribution in [1.29, 1.82) is 0 Å². The standard InChI is InChI=1S/C16H21N3OS/c1-11(12-8-6-5-7-9-12)10-13(20)17-15-19-18-14(21-15)16(2,3)4/h5-9,11H,10H2,1-4H3,(H,17,19,20)/t11-/m1/s1. The third kappa shape index (κ3) is 4.36. The topological polar surface area (TPSA) is 54.9 Å². The molecule has 0 fully saturated rings. The normalized spacial score (nSPS) is 13.0. The van der Waals surface area contributed by atoms with Gasteiger partial charge in [-0.2, -0.15) is 0 Å². The van der Waals surface area contributed by atoms with E-state index in [1.165, 1.54) is 16.9 Å². The lowest BCUT2D eigenvalue weighted by atomic mass is 9.98. The second-order valence-corrected chi connectivity index (χ2v) is 7.20. The summed E-state index contributed by atoms with van der Waals surface area (Å²) in [6.45, 7) is 8.29. The largest absolute Gasteiger partial charge is 0.301 e. The molecule has 21 heavy (non-hydrogen) atoms. The van der Waals surface area contributed by atoms with Gasteiger partial charge in [0.15, 0.2) is 0 Å². The summed E-state index contributed by atoms with van der Waals surface area (Å²) in [6, 6.07) is 10.0. The van der Waals surface area contributed by atoms with E-state index in [2.05, 4.69) is 43.2 Å². The Bertz CT molecular complexity index is 601. The molecule has 0 radical (unpaired) electrons. The molecule has 0 aliphatic carbocycles. The summed E-state index contributed by atoms with van der Waals surface area (Å²) >= 11 is 1.44. The number of nitrogens with one attached hydrogen (secondary N) is 1. The van der Waals surface area contributed by atoms with Gasteiger partial charge in [-0.3, -0.25) is 4.79 Å². The Morgan fingerprint density at radius 3 is 2.48 bits per heavy atom. The van der Waals surface area contributed by atoms with Crippen molar-refractivity contribution < 1.29 is 4.79 Å². The lowest BCUT2D eigenvalue weighted by Crippen LogP contribution is -2.14. The third-order valence-corrected chi connectivity index (χ3v) is 4.44. The molecule has 4 nitrogen and oxygen atoms in total. The molecule has 1 aromatic carbocycles. The van der Waals surface area contributed by atoms with E-state index in [9.17, 15) is 4.79 Å². The number of amides is 1. The average molecular weight is 303 g/mol. The van der Waals surface area contributed by atoms with Gasteiger partial charge >= 0.3 is 0 Å². The van der Waals surface area contributed by atoms with Crippen LogP contribution < -0.4 is 5.32 Å². The minimum Gasteiger partial charge on any atom is -0.301 e. The van der Waals surface area contributed by atoms with Gasteiger partial charge < -0.3 is 5.32 Å². The zero-order valence-corrected chi connectivity index (χ0v) is 13.7. The van der Waals surface area contributed by atoms with Gasteiger partial charge in [0.05, 0.1) is 0 Å². The maximum absolute atomic E-state index is 12.1. The Morgan fingerprint density at radius 1 is 1.24 bits per heavy atom. The summed E-state index contributed by atoms with van der Waals surface area (Å²) in [5, 5.41) is 12.5. The number of carbonyl (C=O) groups is 1. The second kappa shape index (κ2) is 6.35. The first-order valence-electron chi connectivity index (χ1n) is 7.05. The lowest BCUT2D eigenvalue weighted by Gasteiger charge is -2.12. The maximum atomic E-state index is 12.1. The summed E-state index contributed by atoms with van der Waals surface area (Å²) in [6.07, 6.45) is 0.439. The number of nitrogens with zero attached hydrogens (tertiary/aromatic N) is 2. The van der Waals surface area contributed by atoms with Crippen molar-refractivity contribution >= 4 is 22.4 Å². The van der Waals surface area contributed by atoms with Gasteiger partial charge in [0, 0.05) is 11.8 Å². The van der Waals surface area contributed by atoms with Crippen molar-refractivity contribution in [2.45, 2.75) is 45.4 Å². The quantitative estimate of drug-likeness (QED) is 0.930. The molecule has 2 aromatic rings. The van der Waals surface area contributed by atoms with E-state index in [1.54, 1.807) is 0 Å². The number of rotatable bonds is 4. The van der Waals surface area contributed by atoms with Gasteiger partial charge in [0.25, 0.3) is 0 Å². The Labute approximate surface area is 129 Å². The minimum absolute atomic E-state index is 0.0250. The summed E-state index contributed by atoms with van der Waals surface area (Å²) in [5.74, 6) is 0.157. The average Bonchev–Trinajstić information content (AvgIpc) is 2.88. The van der Waals surface area contributed by atoms with E-state index in [0.29, 0.717) is 11.6 Å². The number of carbonyl (C=O) groups excluding carboxylic acids is 1. The Hall–Kier alpha value is -1.75. The van der Waals surface area contributed by atoms with Crippen molar-refractivity contribution in [3.8, 4) is 0 Å². The third-order valence-electron chi connectivity index (χ3n) is 3.17. The van der Waals surface area contributed by atoms with Crippen LogP contribution in [0.3, 0.4) is 0 Å². The van der Waals surface area contributed by atoms with Crippen molar-refractivity contribution in [3.63, 3.8) is 0 Å². The molecule has 0 unspecified atom stereocenters. The molecule has 0 aliphatic rings. The molecule has 0 saturated heterocycles. The zero-order valence-electron chi connectivity index (χ0n) is 12.9. The van der Waals surface area contributed by atoms with Crippen molar-refractivity contribution in [2.75, 3.05) is 5.32 Å². The van der Waals surface area contributed by atoms with Gasteiger partial charge in [-0.15, -0.1) is 10.2 Å². The number of anilines is 1. The fourth-order valence-electron chi connectivity index (χ4n) is 1.92. The van der Waals surface area contributed by atoms with Crippen molar-refractivity contribution in [2.24, 2.45) is 0 Å². The highest BCUT2D eigenvalue weighted by Crippen LogP contribution is 2.28. The number of hydrogen-bond donors (Lipinski definition) is 1. The summed E-state index contributed by atoms with van der Waals surface area (Å²) in [5.41, 5.74) is 1.12. The van der Waals surface area contributed by atoms with E-state index in [-0.39, 0.29) is 17.2 Å². The molecule has 2 rings (SSSR count). The van der Waals surface area contributed by atoms with Crippen LogP contribution in [0.2, 0.25) is 0 Å². The van der Waals surface area contributed by atoms with E-state index in [4.69, 9.17) is 0 Å². The molecule has 0 aliphatic heterocycles. The molecule has 0 bridgehead atoms. The van der Waals surface area contributed by atoms with Crippen LogP contribution in [-0.4, -0.2) is 16.1 Å². The van der Waals surface area contributed by atoms with Gasteiger partial charge in [-0.05, 0) is 11.5 Å². The van der Waals surface area contributed by atoms with Crippen LogP contribution in [0.25, 0.3) is 0 Å². The highest BCUT2D eigenvalue weighted by molar-refractivity contribution is 7.15. The van der Waals surface area contributed by atoms with Gasteiger partial charge in [-0.25, -0.2) is 0 Å². The monoisotopic (exact) mass is 303 g/mol. The summed E-state index contributed by atoms with van der Waals surface area (Å²) in [7, 11) is 0. The van der Waals surface area contributed by atoms with E-state index < -0.39 is 0 Å². The molecule has 0 saturated carbocycles. The minimum atomic E-state index is -0.0437. The molecule has 1 aromatic heterocycles. The fraction of sp³-hybridized carbons (Fsp3) is 0.438. The van der Waals surface area contributed by atoms with Crippen LogP contribution in [-0.2, 0) is 10.2 Å². The zero-order chi connectivity index (χ0) is 15.5. The lowest BCUT2D eigenvalue weighted by molar-refractivity contribution is -0.116. The molecule has 1 N–H and O–H groups in total. The Morgan fingerprint density at radius 2 is 1.90 bits per heavy atom. The van der Waals surface area contributed by atoms with Crippen molar-refractivity contribution in [3.05, 3.63) is 40.9 Å². The van der Waals surface area contributed by atoms with Crippen molar-refractivity contribution in [1.82, 2.24) is 10.2 Å². The number of aromatic nitrogens is 2. The predicted molar refractivity (Wildman–Crippen MR) is 86.7 cm³/mol. The smallest absolute Gasteiger partial charge is 0.226 e. The highest BCUT2D eigenvalue weighted by Gasteiger charge is 2.20. The summed E-state index contributed by atoms with van der Waals surface area (Å²) < 4.78 is 0. The number of hydrogen-bond acceptors (Lipinski definition) is 4. The molecule has 0 spiro atoms. The van der Waals surface area contributed by atoms with Gasteiger partial charge in [-0.1, -0.05) is 69.4 Å². The number of benzene rings is 1. The summed E-state index contributed by atoms with van der Waals surface area (Å²) in [4.78, 5) is 12.1. The molecular formula is C16H21N3OS. The van der Waals surface area contributed by atoms with Crippen LogP contribution in [0.4, 0.5) is 5.13 Å². The molecule has 112 valence electrons. The van der Waals surface area contributed by atoms with Gasteiger partial charge in [0.2, 0.25) is 11.0 Å². The molecule has 1 atom stereocenters. The molecule has 1 heterocycles. The fourth-order valence-corrected chi connectivity index (χ4v) is 2.74. The molecule has 1 amide bonds. The first-order chi connectivity index (χ1) is 9.86. The van der Waals surface area contributed by atoms with Crippen LogP contribution in [0, 0.1) is 0 Å². The van der Waals surface area contributed by atoms with Crippen LogP contribution in [0.1, 0.15) is 50.6 Å².